The van der Waals surface area contributed by atoms with Gasteiger partial charge in [0.05, 0.1) is 22.5 Å². The van der Waals surface area contributed by atoms with Gasteiger partial charge in [-0.1, -0.05) is 58.5 Å². The van der Waals surface area contributed by atoms with Crippen molar-refractivity contribution in [2.24, 2.45) is 10.2 Å². The van der Waals surface area contributed by atoms with Gasteiger partial charge in [0.1, 0.15) is 0 Å². The molecule has 2 rings (SSSR count). The van der Waals surface area contributed by atoms with Crippen LogP contribution in [0.2, 0.25) is 20.1 Å². The maximum Gasteiger partial charge on any atom is 0.207 e. The van der Waals surface area contributed by atoms with Gasteiger partial charge in [-0.25, -0.2) is 0 Å². The topological polar surface area (TPSA) is 48.8 Å². The van der Waals surface area contributed by atoms with E-state index in [-0.39, 0.29) is 5.11 Å². The Balaban J connectivity index is 1.87. The molecule has 0 unspecified atom stereocenters. The van der Waals surface area contributed by atoms with Crippen molar-refractivity contribution in [1.82, 2.24) is 10.9 Å². The minimum atomic E-state index is 0.206. The van der Waals surface area contributed by atoms with Crippen molar-refractivity contribution in [3.63, 3.8) is 0 Å². The van der Waals surface area contributed by atoms with Crippen molar-refractivity contribution in [2.45, 2.75) is 0 Å². The first kappa shape index (κ1) is 19.0. The van der Waals surface area contributed by atoms with Gasteiger partial charge in [-0.3, -0.25) is 10.9 Å². The third-order valence-corrected chi connectivity index (χ3v) is 3.97. The zero-order valence-electron chi connectivity index (χ0n) is 11.9. The number of nitrogens with zero attached hydrogens (tertiary/aromatic N) is 2. The van der Waals surface area contributed by atoms with Gasteiger partial charge in [0.2, 0.25) is 5.11 Å². The lowest BCUT2D eigenvalue weighted by Crippen LogP contribution is -2.28. The summed E-state index contributed by atoms with van der Waals surface area (Å²) in [6.07, 6.45) is 3.04. The lowest BCUT2D eigenvalue weighted by Gasteiger charge is -2.02. The molecule has 0 atom stereocenters. The molecule has 2 aromatic rings. The number of halogens is 4. The summed E-state index contributed by atoms with van der Waals surface area (Å²) in [4.78, 5) is 0. The molecular weight excluding hydrogens is 410 g/mol. The number of hydrogen-bond donors (Lipinski definition) is 2. The summed E-state index contributed by atoms with van der Waals surface area (Å²) >= 11 is 28.7. The maximum atomic E-state index is 6.02. The molecule has 0 bridgehead atoms. The first-order chi connectivity index (χ1) is 11.5. The van der Waals surface area contributed by atoms with Crippen LogP contribution in [0, 0.1) is 0 Å². The third kappa shape index (κ3) is 5.92. The van der Waals surface area contributed by atoms with Crippen LogP contribution in [-0.2, 0) is 0 Å². The summed E-state index contributed by atoms with van der Waals surface area (Å²) in [5.41, 5.74) is 6.63. The highest BCUT2D eigenvalue weighted by Gasteiger charge is 1.99. The Hall–Kier alpha value is -1.37. The van der Waals surface area contributed by atoms with Gasteiger partial charge in [-0.05, 0) is 36.5 Å². The molecule has 4 nitrogen and oxygen atoms in total. The highest BCUT2D eigenvalue weighted by molar-refractivity contribution is 7.80. The highest BCUT2D eigenvalue weighted by atomic mass is 35.5. The van der Waals surface area contributed by atoms with Crippen molar-refractivity contribution < 1.29 is 0 Å². The fourth-order valence-corrected chi connectivity index (χ4v) is 2.58. The summed E-state index contributed by atoms with van der Waals surface area (Å²) in [5.74, 6) is 0. The molecule has 0 heterocycles. The maximum absolute atomic E-state index is 6.02. The van der Waals surface area contributed by atoms with E-state index in [2.05, 4.69) is 21.1 Å². The third-order valence-electron chi connectivity index (χ3n) is 2.66. The Morgan fingerprint density at radius 2 is 1.21 bits per heavy atom. The van der Waals surface area contributed by atoms with Crippen LogP contribution in [0.3, 0.4) is 0 Å². The second-order valence-corrected chi connectivity index (χ2v) is 6.50. The smallest absolute Gasteiger partial charge is 0.207 e. The SMILES string of the molecule is S=C(N/N=C\c1ccc(Cl)cc1Cl)N/N=C\c1ccc(Cl)cc1Cl. The summed E-state index contributed by atoms with van der Waals surface area (Å²) in [6.45, 7) is 0. The predicted octanol–water partition coefficient (Wildman–Crippen LogP) is 5.13. The van der Waals surface area contributed by atoms with Crippen LogP contribution in [0.4, 0.5) is 0 Å². The molecule has 9 heteroatoms. The average Bonchev–Trinajstić information content (AvgIpc) is 2.51. The Kier molecular flexibility index (Phi) is 7.27. The molecule has 24 heavy (non-hydrogen) atoms. The largest absolute Gasteiger partial charge is 0.252 e. The molecule has 0 aliphatic heterocycles. The Bertz CT molecular complexity index is 743. The number of benzene rings is 2. The fourth-order valence-electron chi connectivity index (χ4n) is 1.56. The van der Waals surface area contributed by atoms with E-state index in [1.54, 1.807) is 36.4 Å². The predicted molar refractivity (Wildman–Crippen MR) is 107 cm³/mol. The van der Waals surface area contributed by atoms with Crippen LogP contribution in [0.25, 0.3) is 0 Å². The standard InChI is InChI=1S/C15H10Cl4N4S/c16-11-3-1-9(13(18)5-11)7-20-22-15(24)23-21-8-10-2-4-12(17)6-14(10)19/h1-8H,(H2,22,23,24)/b20-7-,21-8-. The van der Waals surface area contributed by atoms with Crippen molar-refractivity contribution in [2.75, 3.05) is 0 Å². The lowest BCUT2D eigenvalue weighted by molar-refractivity contribution is 0.935. The summed E-state index contributed by atoms with van der Waals surface area (Å²) < 4.78 is 0. The minimum Gasteiger partial charge on any atom is -0.252 e. The lowest BCUT2D eigenvalue weighted by atomic mass is 10.2. The molecule has 0 aliphatic rings. The van der Waals surface area contributed by atoms with Crippen LogP contribution in [-0.4, -0.2) is 17.5 Å². The normalized spacial score (nSPS) is 11.2. The van der Waals surface area contributed by atoms with Gasteiger partial charge in [0.15, 0.2) is 0 Å². The van der Waals surface area contributed by atoms with Crippen molar-refractivity contribution in [3.8, 4) is 0 Å². The molecule has 0 fully saturated rings. The van der Waals surface area contributed by atoms with E-state index in [1.165, 1.54) is 12.4 Å². The summed E-state index contributed by atoms with van der Waals surface area (Å²) in [7, 11) is 0. The Labute approximate surface area is 164 Å². The Morgan fingerprint density at radius 1 is 0.792 bits per heavy atom. The molecule has 124 valence electrons. The second kappa shape index (κ2) is 9.20. The average molecular weight is 420 g/mol. The molecule has 0 saturated heterocycles. The summed E-state index contributed by atoms with van der Waals surface area (Å²) in [6, 6.07) is 10.2. The van der Waals surface area contributed by atoms with E-state index in [0.717, 1.165) is 0 Å². The van der Waals surface area contributed by atoms with Gasteiger partial charge in [-0.2, -0.15) is 10.2 Å². The van der Waals surface area contributed by atoms with Crippen molar-refractivity contribution >= 4 is 76.2 Å². The number of rotatable bonds is 4. The zero-order valence-corrected chi connectivity index (χ0v) is 15.8. The highest BCUT2D eigenvalue weighted by Crippen LogP contribution is 2.20. The Morgan fingerprint density at radius 3 is 1.58 bits per heavy atom. The van der Waals surface area contributed by atoms with Crippen LogP contribution < -0.4 is 10.9 Å². The molecule has 0 aromatic heterocycles. The van der Waals surface area contributed by atoms with Crippen LogP contribution in [0.15, 0.2) is 46.6 Å². The summed E-state index contributed by atoms with van der Waals surface area (Å²) in [5, 5.41) is 10.2. The first-order valence-electron chi connectivity index (χ1n) is 6.48. The van der Waals surface area contributed by atoms with Gasteiger partial charge in [0, 0.05) is 21.2 Å². The van der Waals surface area contributed by atoms with Gasteiger partial charge in [-0.15, -0.1) is 0 Å². The zero-order chi connectivity index (χ0) is 17.5. The molecule has 2 N–H and O–H groups in total. The van der Waals surface area contributed by atoms with E-state index < -0.39 is 0 Å². The van der Waals surface area contributed by atoms with Crippen molar-refractivity contribution in [1.29, 1.82) is 0 Å². The first-order valence-corrected chi connectivity index (χ1v) is 8.40. The number of hydrazone groups is 2. The minimum absolute atomic E-state index is 0.206. The second-order valence-electron chi connectivity index (χ2n) is 4.40. The van der Waals surface area contributed by atoms with E-state index >= 15 is 0 Å². The van der Waals surface area contributed by atoms with Gasteiger partial charge >= 0.3 is 0 Å². The quantitative estimate of drug-likeness (QED) is 0.410. The van der Waals surface area contributed by atoms with E-state index in [1.807, 2.05) is 0 Å². The molecule has 2 aromatic carbocycles. The monoisotopic (exact) mass is 418 g/mol. The van der Waals surface area contributed by atoms with Crippen LogP contribution in [0.1, 0.15) is 11.1 Å². The van der Waals surface area contributed by atoms with E-state index in [0.29, 0.717) is 31.2 Å². The molecule has 0 radical (unpaired) electrons. The molecule has 0 saturated carbocycles. The molecular formula is C15H10Cl4N4S. The molecule has 0 aliphatic carbocycles. The van der Waals surface area contributed by atoms with Crippen LogP contribution >= 0.6 is 58.6 Å². The van der Waals surface area contributed by atoms with Gasteiger partial charge in [0.25, 0.3) is 0 Å². The molecule has 0 spiro atoms. The number of hydrogen-bond acceptors (Lipinski definition) is 3. The number of nitrogens with one attached hydrogen (secondary N) is 2. The fraction of sp³-hybridized carbons (Fsp3) is 0. The molecule has 0 amide bonds. The van der Waals surface area contributed by atoms with E-state index in [4.69, 9.17) is 58.6 Å². The van der Waals surface area contributed by atoms with E-state index in [9.17, 15) is 0 Å². The van der Waals surface area contributed by atoms with Crippen molar-refractivity contribution in [3.05, 3.63) is 67.6 Å². The van der Waals surface area contributed by atoms with Gasteiger partial charge < -0.3 is 0 Å². The number of thiocarbonyl (C=S) groups is 1. The van der Waals surface area contributed by atoms with Crippen LogP contribution in [0.5, 0.6) is 0 Å².